The molecule has 2 fully saturated rings. The molecule has 0 aromatic carbocycles. The first-order valence-electron chi connectivity index (χ1n) is 8.23. The lowest BCUT2D eigenvalue weighted by Gasteiger charge is -2.33. The summed E-state index contributed by atoms with van der Waals surface area (Å²) in [7, 11) is 2.02. The van der Waals surface area contributed by atoms with Gasteiger partial charge < -0.3 is 14.6 Å². The zero-order chi connectivity index (χ0) is 14.0. The highest BCUT2D eigenvalue weighted by Gasteiger charge is 2.40. The number of nitrogens with zero attached hydrogens (tertiary/aromatic N) is 1. The highest BCUT2D eigenvalue weighted by atomic mass is 16.5. The van der Waals surface area contributed by atoms with Crippen LogP contribution in [0.5, 0.6) is 0 Å². The van der Waals surface area contributed by atoms with E-state index < -0.39 is 0 Å². The summed E-state index contributed by atoms with van der Waals surface area (Å²) in [6.45, 7) is 3.22. The van der Waals surface area contributed by atoms with Crippen LogP contribution in [0.15, 0.2) is 18.3 Å². The van der Waals surface area contributed by atoms with E-state index in [0.29, 0.717) is 12.1 Å². The largest absolute Gasteiger partial charge is 0.370 e. The second-order valence-electron chi connectivity index (χ2n) is 6.62. The van der Waals surface area contributed by atoms with Crippen LogP contribution in [-0.2, 0) is 11.3 Å². The van der Waals surface area contributed by atoms with E-state index in [4.69, 9.17) is 4.74 Å². The van der Waals surface area contributed by atoms with Gasteiger partial charge in [-0.1, -0.05) is 19.3 Å². The molecule has 1 saturated carbocycles. The lowest BCUT2D eigenvalue weighted by Crippen LogP contribution is -2.32. The molecule has 3 heteroatoms. The fourth-order valence-corrected chi connectivity index (χ4v) is 3.94. The third kappa shape index (κ3) is 2.79. The van der Waals surface area contributed by atoms with Gasteiger partial charge in [-0.2, -0.15) is 0 Å². The number of hydrogen-bond acceptors (Lipinski definition) is 2. The molecule has 1 spiro atoms. The topological polar surface area (TPSA) is 26.2 Å². The summed E-state index contributed by atoms with van der Waals surface area (Å²) in [5, 5.41) is 3.33. The first kappa shape index (κ1) is 14.2. The van der Waals surface area contributed by atoms with Crippen LogP contribution in [0.3, 0.4) is 0 Å². The highest BCUT2D eigenvalue weighted by molar-refractivity contribution is 5.11. The third-order valence-corrected chi connectivity index (χ3v) is 5.25. The summed E-state index contributed by atoms with van der Waals surface area (Å²) < 4.78 is 8.86. The van der Waals surface area contributed by atoms with Crippen LogP contribution >= 0.6 is 0 Å². The second kappa shape index (κ2) is 5.90. The van der Waals surface area contributed by atoms with Crippen molar-refractivity contribution in [3.63, 3.8) is 0 Å². The molecule has 0 amide bonds. The van der Waals surface area contributed by atoms with Gasteiger partial charge in [-0.3, -0.25) is 0 Å². The summed E-state index contributed by atoms with van der Waals surface area (Å²) in [4.78, 5) is 0. The smallest absolute Gasteiger partial charge is 0.0762 e. The number of nitrogens with one attached hydrogen (secondary N) is 1. The zero-order valence-corrected chi connectivity index (χ0v) is 12.9. The van der Waals surface area contributed by atoms with Crippen LogP contribution in [-0.4, -0.2) is 23.3 Å². The molecule has 2 atom stereocenters. The van der Waals surface area contributed by atoms with Gasteiger partial charge in [0.05, 0.1) is 11.7 Å². The molecule has 1 aliphatic heterocycles. The Labute approximate surface area is 122 Å². The van der Waals surface area contributed by atoms with Gasteiger partial charge in [0, 0.05) is 24.5 Å². The molecule has 20 heavy (non-hydrogen) atoms. The monoisotopic (exact) mass is 276 g/mol. The van der Waals surface area contributed by atoms with Gasteiger partial charge in [-0.05, 0) is 51.8 Å². The van der Waals surface area contributed by atoms with Crippen molar-refractivity contribution in [2.75, 3.05) is 7.05 Å². The molecule has 1 aromatic rings. The Morgan fingerprint density at radius 1 is 1.35 bits per heavy atom. The Bertz CT molecular complexity index is 434. The maximum absolute atomic E-state index is 6.49. The minimum absolute atomic E-state index is 0.241. The summed E-state index contributed by atoms with van der Waals surface area (Å²) in [5.41, 5.74) is 1.60. The molecule has 0 radical (unpaired) electrons. The second-order valence-corrected chi connectivity index (χ2v) is 6.62. The van der Waals surface area contributed by atoms with Crippen molar-refractivity contribution < 1.29 is 4.74 Å². The van der Waals surface area contributed by atoms with E-state index in [-0.39, 0.29) is 5.60 Å². The van der Waals surface area contributed by atoms with Crippen molar-refractivity contribution in [2.45, 2.75) is 76.2 Å². The average molecular weight is 276 g/mol. The van der Waals surface area contributed by atoms with Crippen molar-refractivity contribution in [3.05, 3.63) is 24.0 Å². The maximum atomic E-state index is 6.49. The molecule has 112 valence electrons. The van der Waals surface area contributed by atoms with Gasteiger partial charge in [0.15, 0.2) is 0 Å². The Morgan fingerprint density at radius 3 is 2.90 bits per heavy atom. The predicted octanol–water partition coefficient (Wildman–Crippen LogP) is 3.65. The quantitative estimate of drug-likeness (QED) is 0.908. The van der Waals surface area contributed by atoms with E-state index in [1.54, 1.807) is 0 Å². The minimum atomic E-state index is 0.241. The van der Waals surface area contributed by atoms with Crippen LogP contribution in [0.4, 0.5) is 0 Å². The van der Waals surface area contributed by atoms with Crippen LogP contribution in [0.1, 0.15) is 63.6 Å². The SMILES string of the molecule is CNC(C)c1cccn1CC1CCC2(CCCCC2)O1. The first-order valence-corrected chi connectivity index (χ1v) is 8.23. The maximum Gasteiger partial charge on any atom is 0.0762 e. The number of ether oxygens (including phenoxy) is 1. The van der Waals surface area contributed by atoms with Gasteiger partial charge in [0.2, 0.25) is 0 Å². The van der Waals surface area contributed by atoms with Crippen LogP contribution in [0.25, 0.3) is 0 Å². The molecule has 3 rings (SSSR count). The minimum Gasteiger partial charge on any atom is -0.370 e. The molecule has 2 aliphatic rings. The van der Waals surface area contributed by atoms with Crippen molar-refractivity contribution in [1.29, 1.82) is 0 Å². The molecule has 2 heterocycles. The number of aromatic nitrogens is 1. The van der Waals surface area contributed by atoms with Crippen LogP contribution in [0, 0.1) is 0 Å². The van der Waals surface area contributed by atoms with Gasteiger partial charge in [0.1, 0.15) is 0 Å². The van der Waals surface area contributed by atoms with E-state index in [9.17, 15) is 0 Å². The Balaban J connectivity index is 1.63. The molecule has 1 N–H and O–H groups in total. The molecule has 1 aromatic heterocycles. The van der Waals surface area contributed by atoms with Crippen LogP contribution < -0.4 is 5.32 Å². The normalized spacial score (nSPS) is 27.0. The summed E-state index contributed by atoms with van der Waals surface area (Å²) in [6.07, 6.45) is 11.8. The third-order valence-electron chi connectivity index (χ3n) is 5.25. The average Bonchev–Trinajstić information content (AvgIpc) is 3.07. The summed E-state index contributed by atoms with van der Waals surface area (Å²) in [6, 6.07) is 4.76. The fourth-order valence-electron chi connectivity index (χ4n) is 3.94. The van der Waals surface area contributed by atoms with E-state index in [2.05, 4.69) is 35.1 Å². The number of rotatable bonds is 4. The fraction of sp³-hybridized carbons (Fsp3) is 0.765. The van der Waals surface area contributed by atoms with Crippen molar-refractivity contribution >= 4 is 0 Å². The van der Waals surface area contributed by atoms with Gasteiger partial charge in [-0.25, -0.2) is 0 Å². The van der Waals surface area contributed by atoms with Gasteiger partial charge >= 0.3 is 0 Å². The Hall–Kier alpha value is -0.800. The molecule has 1 saturated heterocycles. The zero-order valence-electron chi connectivity index (χ0n) is 12.9. The van der Waals surface area contributed by atoms with Crippen molar-refractivity contribution in [1.82, 2.24) is 9.88 Å². The standard InChI is InChI=1S/C17H28N2O/c1-14(18-2)16-7-6-12-19(16)13-15-8-11-17(20-15)9-4-3-5-10-17/h6-7,12,14-15,18H,3-5,8-11,13H2,1-2H3. The molecular formula is C17H28N2O. The Morgan fingerprint density at radius 2 is 2.15 bits per heavy atom. The lowest BCUT2D eigenvalue weighted by molar-refractivity contribution is -0.0681. The molecular weight excluding hydrogens is 248 g/mol. The van der Waals surface area contributed by atoms with E-state index >= 15 is 0 Å². The van der Waals surface area contributed by atoms with E-state index in [1.807, 2.05) is 7.05 Å². The molecule has 0 bridgehead atoms. The van der Waals surface area contributed by atoms with Crippen molar-refractivity contribution in [3.8, 4) is 0 Å². The molecule has 2 unspecified atom stereocenters. The molecule has 1 aliphatic carbocycles. The van der Waals surface area contributed by atoms with E-state index in [0.717, 1.165) is 6.54 Å². The summed E-state index contributed by atoms with van der Waals surface area (Å²) >= 11 is 0. The predicted molar refractivity (Wildman–Crippen MR) is 81.8 cm³/mol. The summed E-state index contributed by atoms with van der Waals surface area (Å²) in [5.74, 6) is 0. The van der Waals surface area contributed by atoms with E-state index in [1.165, 1.54) is 50.6 Å². The van der Waals surface area contributed by atoms with Crippen LogP contribution in [0.2, 0.25) is 0 Å². The molecule has 3 nitrogen and oxygen atoms in total. The first-order chi connectivity index (χ1) is 9.72. The highest BCUT2D eigenvalue weighted by Crippen LogP contribution is 2.42. The van der Waals surface area contributed by atoms with Crippen molar-refractivity contribution in [2.24, 2.45) is 0 Å². The van der Waals surface area contributed by atoms with Gasteiger partial charge in [-0.15, -0.1) is 0 Å². The Kier molecular flexibility index (Phi) is 4.18. The van der Waals surface area contributed by atoms with Gasteiger partial charge in [0.25, 0.3) is 0 Å². The lowest BCUT2D eigenvalue weighted by atomic mass is 9.83. The number of hydrogen-bond donors (Lipinski definition) is 1.